The summed E-state index contributed by atoms with van der Waals surface area (Å²) in [7, 11) is 0. The van der Waals surface area contributed by atoms with Crippen molar-refractivity contribution in [2.75, 3.05) is 0 Å². The maximum absolute atomic E-state index is 13.1. The zero-order chi connectivity index (χ0) is 14.9. The SMILES string of the molecule is Fc1ccc(C2=CN3C(c4ccccc4)=CSC3=NN2)cc1.[Br-]. The van der Waals surface area contributed by atoms with E-state index in [-0.39, 0.29) is 22.8 Å². The molecule has 0 saturated heterocycles. The van der Waals surface area contributed by atoms with Crippen LogP contribution in [0.1, 0.15) is 11.1 Å². The van der Waals surface area contributed by atoms with Gasteiger partial charge in [0.25, 0.3) is 0 Å². The van der Waals surface area contributed by atoms with Crippen molar-refractivity contribution in [2.45, 2.75) is 0 Å². The van der Waals surface area contributed by atoms with E-state index in [9.17, 15) is 4.39 Å². The number of nitrogens with one attached hydrogen (secondary N) is 1. The number of benzene rings is 2. The molecule has 23 heavy (non-hydrogen) atoms. The Morgan fingerprint density at radius 2 is 1.70 bits per heavy atom. The van der Waals surface area contributed by atoms with Crippen LogP contribution in [0.25, 0.3) is 11.4 Å². The fraction of sp³-hybridized carbons (Fsp3) is 0. The Hall–Kier alpha value is -2.05. The Morgan fingerprint density at radius 1 is 0.957 bits per heavy atom. The van der Waals surface area contributed by atoms with Crippen molar-refractivity contribution in [3.63, 3.8) is 0 Å². The van der Waals surface area contributed by atoms with Crippen molar-refractivity contribution in [3.8, 4) is 0 Å². The van der Waals surface area contributed by atoms with Gasteiger partial charge in [-0.1, -0.05) is 42.1 Å². The van der Waals surface area contributed by atoms with E-state index in [2.05, 4.69) is 33.0 Å². The van der Waals surface area contributed by atoms with Crippen LogP contribution >= 0.6 is 11.8 Å². The third-order valence-corrected chi connectivity index (χ3v) is 4.34. The Kier molecular flexibility index (Phi) is 4.54. The average molecular weight is 389 g/mol. The third kappa shape index (κ3) is 3.04. The molecule has 2 aromatic carbocycles. The number of thioether (sulfide) groups is 1. The molecule has 6 heteroatoms. The molecule has 2 heterocycles. The van der Waals surface area contributed by atoms with Crippen molar-refractivity contribution < 1.29 is 21.4 Å². The summed E-state index contributed by atoms with van der Waals surface area (Å²) in [5, 5.41) is 7.35. The van der Waals surface area contributed by atoms with Crippen molar-refractivity contribution in [2.24, 2.45) is 5.10 Å². The Bertz CT molecular complexity index is 800. The number of halogens is 2. The number of nitrogens with zero attached hydrogens (tertiary/aromatic N) is 2. The van der Waals surface area contributed by atoms with E-state index in [4.69, 9.17) is 0 Å². The second-order valence-corrected chi connectivity index (χ2v) is 5.75. The Morgan fingerprint density at radius 3 is 2.43 bits per heavy atom. The smallest absolute Gasteiger partial charge is 0.196 e. The molecular formula is C17H12BrFN3S-. The molecule has 0 bridgehead atoms. The van der Waals surface area contributed by atoms with E-state index in [1.165, 1.54) is 12.1 Å². The van der Waals surface area contributed by atoms with Crippen LogP contribution in [0.5, 0.6) is 0 Å². The van der Waals surface area contributed by atoms with Crippen LogP contribution in [0.2, 0.25) is 0 Å². The summed E-state index contributed by atoms with van der Waals surface area (Å²) in [5.74, 6) is -0.244. The first-order valence-corrected chi connectivity index (χ1v) is 7.72. The lowest BCUT2D eigenvalue weighted by atomic mass is 10.1. The minimum Gasteiger partial charge on any atom is -1.00 e. The maximum Gasteiger partial charge on any atom is 0.196 e. The first-order valence-electron chi connectivity index (χ1n) is 6.84. The summed E-state index contributed by atoms with van der Waals surface area (Å²) in [6, 6.07) is 16.6. The topological polar surface area (TPSA) is 27.6 Å². The largest absolute Gasteiger partial charge is 1.00 e. The first kappa shape index (κ1) is 15.8. The quantitative estimate of drug-likeness (QED) is 0.833. The highest BCUT2D eigenvalue weighted by atomic mass is 79.9. The van der Waals surface area contributed by atoms with Gasteiger partial charge in [0.1, 0.15) is 5.82 Å². The molecule has 116 valence electrons. The van der Waals surface area contributed by atoms with Crippen molar-refractivity contribution >= 4 is 28.3 Å². The summed E-state index contributed by atoms with van der Waals surface area (Å²) in [5.41, 5.74) is 6.99. The molecule has 0 unspecified atom stereocenters. The molecule has 0 radical (unpaired) electrons. The molecule has 4 rings (SSSR count). The van der Waals surface area contributed by atoms with E-state index >= 15 is 0 Å². The maximum atomic E-state index is 13.1. The van der Waals surface area contributed by atoms with Crippen LogP contribution in [-0.2, 0) is 0 Å². The summed E-state index contributed by atoms with van der Waals surface area (Å²) in [4.78, 5) is 2.05. The molecule has 0 aliphatic carbocycles. The molecule has 0 fully saturated rings. The molecular weight excluding hydrogens is 377 g/mol. The standard InChI is InChI=1S/C17H12FN3S.BrH/c18-14-8-6-12(7-9-14)15-10-21-16(11-22-17(21)20-19-15)13-4-2-1-3-5-13;/h1-11,19H;1H/p-1. The lowest BCUT2D eigenvalue weighted by Gasteiger charge is -2.24. The molecule has 2 aromatic rings. The molecule has 0 amide bonds. The molecule has 0 aromatic heterocycles. The number of fused-ring (bicyclic) bond motifs is 1. The van der Waals surface area contributed by atoms with Gasteiger partial charge in [0.2, 0.25) is 0 Å². The monoisotopic (exact) mass is 388 g/mol. The summed E-state index contributed by atoms with van der Waals surface area (Å²) >= 11 is 1.58. The summed E-state index contributed by atoms with van der Waals surface area (Å²) < 4.78 is 13.1. The highest BCUT2D eigenvalue weighted by molar-refractivity contribution is 8.16. The van der Waals surface area contributed by atoms with Crippen LogP contribution < -0.4 is 22.4 Å². The van der Waals surface area contributed by atoms with Crippen LogP contribution in [0.3, 0.4) is 0 Å². The van der Waals surface area contributed by atoms with Crippen molar-refractivity contribution in [3.05, 3.63) is 83.1 Å². The number of hydrogen-bond donors (Lipinski definition) is 1. The Balaban J connectivity index is 0.00000156. The fourth-order valence-electron chi connectivity index (χ4n) is 2.38. The number of rotatable bonds is 2. The number of hydrogen-bond acceptors (Lipinski definition) is 4. The number of hydrazone groups is 1. The van der Waals surface area contributed by atoms with E-state index < -0.39 is 0 Å². The van der Waals surface area contributed by atoms with E-state index in [0.29, 0.717) is 0 Å². The fourth-order valence-corrected chi connectivity index (χ4v) is 3.21. The zero-order valence-electron chi connectivity index (χ0n) is 11.9. The first-order chi connectivity index (χ1) is 10.8. The third-order valence-electron chi connectivity index (χ3n) is 3.50. The number of amidine groups is 1. The summed E-state index contributed by atoms with van der Waals surface area (Å²) in [6.07, 6.45) is 1.99. The average Bonchev–Trinajstić information content (AvgIpc) is 2.99. The van der Waals surface area contributed by atoms with Crippen molar-refractivity contribution in [1.82, 2.24) is 10.3 Å². The van der Waals surface area contributed by atoms with Gasteiger partial charge in [-0.3, -0.25) is 10.3 Å². The van der Waals surface area contributed by atoms with Gasteiger partial charge < -0.3 is 17.0 Å². The molecule has 1 N–H and O–H groups in total. The molecule has 3 nitrogen and oxygen atoms in total. The van der Waals surface area contributed by atoms with E-state index in [1.807, 2.05) is 24.4 Å². The van der Waals surface area contributed by atoms with Crippen LogP contribution in [-0.4, -0.2) is 10.1 Å². The molecule has 0 atom stereocenters. The normalized spacial score (nSPS) is 15.7. The van der Waals surface area contributed by atoms with Gasteiger partial charge in [-0.2, -0.15) is 0 Å². The van der Waals surface area contributed by atoms with Gasteiger partial charge in [-0.05, 0) is 29.8 Å². The molecule has 2 aliphatic heterocycles. The van der Waals surface area contributed by atoms with Gasteiger partial charge in [0, 0.05) is 17.2 Å². The summed E-state index contributed by atoms with van der Waals surface area (Å²) in [6.45, 7) is 0. The van der Waals surface area contributed by atoms with Gasteiger partial charge >= 0.3 is 0 Å². The molecule has 0 spiro atoms. The van der Waals surface area contributed by atoms with Gasteiger partial charge in [-0.15, -0.1) is 5.10 Å². The zero-order valence-corrected chi connectivity index (χ0v) is 14.3. The van der Waals surface area contributed by atoms with Gasteiger partial charge in [0.15, 0.2) is 5.17 Å². The minimum atomic E-state index is -0.244. The lowest BCUT2D eigenvalue weighted by Crippen LogP contribution is -3.00. The predicted octanol–water partition coefficient (Wildman–Crippen LogP) is 1.05. The molecule has 2 aliphatic rings. The lowest BCUT2D eigenvalue weighted by molar-refractivity contribution is -0.00000485. The van der Waals surface area contributed by atoms with Crippen LogP contribution in [0, 0.1) is 5.82 Å². The van der Waals surface area contributed by atoms with E-state index in [0.717, 1.165) is 27.7 Å². The second-order valence-electron chi connectivity index (χ2n) is 4.91. The van der Waals surface area contributed by atoms with Crippen LogP contribution in [0.4, 0.5) is 4.39 Å². The van der Waals surface area contributed by atoms with Crippen LogP contribution in [0.15, 0.2) is 71.3 Å². The minimum absolute atomic E-state index is 0. The Labute approximate surface area is 148 Å². The van der Waals surface area contributed by atoms with E-state index in [1.54, 1.807) is 23.9 Å². The van der Waals surface area contributed by atoms with Gasteiger partial charge in [0.05, 0.1) is 11.4 Å². The van der Waals surface area contributed by atoms with Gasteiger partial charge in [-0.25, -0.2) is 4.39 Å². The molecule has 0 saturated carbocycles. The van der Waals surface area contributed by atoms with Crippen molar-refractivity contribution in [1.29, 1.82) is 0 Å². The highest BCUT2D eigenvalue weighted by Gasteiger charge is 2.26. The highest BCUT2D eigenvalue weighted by Crippen LogP contribution is 2.36. The second kappa shape index (κ2) is 6.60. The predicted molar refractivity (Wildman–Crippen MR) is 88.8 cm³/mol.